The Morgan fingerprint density at radius 1 is 1.33 bits per heavy atom. The zero-order valence-corrected chi connectivity index (χ0v) is 12.9. The van der Waals surface area contributed by atoms with Crippen LogP contribution in [0.1, 0.15) is 17.5 Å². The van der Waals surface area contributed by atoms with E-state index in [0.717, 1.165) is 24.1 Å². The summed E-state index contributed by atoms with van der Waals surface area (Å²) in [6, 6.07) is 3.41. The fourth-order valence-corrected chi connectivity index (χ4v) is 2.98. The number of hydrogen-bond donors (Lipinski definition) is 1. The molecule has 0 aliphatic heterocycles. The molecule has 2 aromatic rings. The van der Waals surface area contributed by atoms with E-state index in [1.165, 1.54) is 6.07 Å². The highest BCUT2D eigenvalue weighted by Crippen LogP contribution is 2.28. The molecule has 0 saturated carbocycles. The van der Waals surface area contributed by atoms with Crippen LogP contribution in [0.4, 0.5) is 0 Å². The Labute approximate surface area is 124 Å². The summed E-state index contributed by atoms with van der Waals surface area (Å²) in [6.45, 7) is 4.80. The molecular formula is C14H19N3O3S. The Morgan fingerprint density at radius 2 is 2.10 bits per heavy atom. The summed E-state index contributed by atoms with van der Waals surface area (Å²) in [4.78, 5) is 4.00. The van der Waals surface area contributed by atoms with E-state index < -0.39 is 10.0 Å². The van der Waals surface area contributed by atoms with E-state index in [1.54, 1.807) is 12.5 Å². The van der Waals surface area contributed by atoms with Gasteiger partial charge in [-0.1, -0.05) is 6.07 Å². The first-order valence-corrected chi connectivity index (χ1v) is 8.15. The van der Waals surface area contributed by atoms with E-state index in [-0.39, 0.29) is 4.90 Å². The Morgan fingerprint density at radius 3 is 2.71 bits per heavy atom. The first kappa shape index (κ1) is 15.5. The Balaban J connectivity index is 2.08. The molecule has 0 bridgehead atoms. The molecule has 2 rings (SSSR count). The van der Waals surface area contributed by atoms with Gasteiger partial charge in [-0.05, 0) is 37.5 Å². The van der Waals surface area contributed by atoms with Crippen molar-refractivity contribution in [2.45, 2.75) is 31.7 Å². The van der Waals surface area contributed by atoms with Crippen molar-refractivity contribution in [3.63, 3.8) is 0 Å². The van der Waals surface area contributed by atoms with E-state index in [0.29, 0.717) is 12.4 Å². The van der Waals surface area contributed by atoms with Crippen molar-refractivity contribution in [1.82, 2.24) is 9.55 Å². The number of ether oxygens (including phenoxy) is 1. The third-order valence-corrected chi connectivity index (χ3v) is 3.97. The van der Waals surface area contributed by atoms with Crippen molar-refractivity contribution in [3.05, 3.63) is 42.0 Å². The predicted molar refractivity (Wildman–Crippen MR) is 79.6 cm³/mol. The minimum absolute atomic E-state index is 0.0441. The van der Waals surface area contributed by atoms with Crippen LogP contribution >= 0.6 is 0 Å². The number of primary sulfonamides is 1. The molecule has 1 aromatic carbocycles. The number of aryl methyl sites for hydroxylation is 3. The van der Waals surface area contributed by atoms with Crippen LogP contribution in [0.25, 0.3) is 0 Å². The third-order valence-electron chi connectivity index (χ3n) is 3.06. The van der Waals surface area contributed by atoms with Crippen LogP contribution in [-0.4, -0.2) is 24.6 Å². The molecule has 0 aliphatic carbocycles. The molecule has 0 saturated heterocycles. The Bertz CT molecular complexity index is 709. The molecule has 0 spiro atoms. The van der Waals surface area contributed by atoms with E-state index in [1.807, 2.05) is 30.7 Å². The zero-order chi connectivity index (χ0) is 15.5. The highest BCUT2D eigenvalue weighted by Gasteiger charge is 2.18. The average molecular weight is 309 g/mol. The third kappa shape index (κ3) is 4.05. The normalized spacial score (nSPS) is 11.6. The minimum atomic E-state index is -3.80. The van der Waals surface area contributed by atoms with Crippen molar-refractivity contribution in [1.29, 1.82) is 0 Å². The van der Waals surface area contributed by atoms with E-state index in [9.17, 15) is 8.42 Å². The van der Waals surface area contributed by atoms with Gasteiger partial charge in [0.2, 0.25) is 10.0 Å². The smallest absolute Gasteiger partial charge is 0.241 e. The maximum Gasteiger partial charge on any atom is 0.241 e. The van der Waals surface area contributed by atoms with Crippen LogP contribution in [0.5, 0.6) is 5.75 Å². The van der Waals surface area contributed by atoms with Crippen LogP contribution in [0, 0.1) is 13.8 Å². The molecular weight excluding hydrogens is 290 g/mol. The lowest BCUT2D eigenvalue weighted by Gasteiger charge is -2.14. The van der Waals surface area contributed by atoms with Gasteiger partial charge >= 0.3 is 0 Å². The van der Waals surface area contributed by atoms with Crippen molar-refractivity contribution >= 4 is 10.0 Å². The number of aromatic nitrogens is 2. The number of imidazole rings is 1. The molecule has 0 radical (unpaired) electrons. The lowest BCUT2D eigenvalue weighted by molar-refractivity contribution is 0.292. The molecule has 6 nitrogen and oxygen atoms in total. The second-order valence-corrected chi connectivity index (χ2v) is 6.49. The highest BCUT2D eigenvalue weighted by molar-refractivity contribution is 7.89. The van der Waals surface area contributed by atoms with Crippen molar-refractivity contribution in [2.24, 2.45) is 5.14 Å². The maximum absolute atomic E-state index is 11.7. The molecule has 7 heteroatoms. The van der Waals surface area contributed by atoms with Crippen LogP contribution in [0.15, 0.2) is 35.7 Å². The number of rotatable bonds is 6. The van der Waals surface area contributed by atoms with Gasteiger partial charge in [-0.25, -0.2) is 18.5 Å². The Kier molecular flexibility index (Phi) is 4.64. The lowest BCUT2D eigenvalue weighted by atomic mass is 10.1. The number of sulfonamides is 1. The first-order chi connectivity index (χ1) is 9.88. The van der Waals surface area contributed by atoms with Gasteiger partial charge in [-0.3, -0.25) is 0 Å². The predicted octanol–water partition coefficient (Wildman–Crippen LogP) is 1.62. The molecule has 21 heavy (non-hydrogen) atoms. The molecule has 1 heterocycles. The summed E-state index contributed by atoms with van der Waals surface area (Å²) < 4.78 is 30.9. The highest BCUT2D eigenvalue weighted by atomic mass is 32.2. The number of nitrogens with zero attached hydrogens (tertiary/aromatic N) is 2. The second-order valence-electron chi connectivity index (χ2n) is 4.96. The molecule has 1 aromatic heterocycles. The van der Waals surface area contributed by atoms with Gasteiger partial charge in [0.1, 0.15) is 10.6 Å². The number of hydrogen-bond acceptors (Lipinski definition) is 4. The standard InChI is InChI=1S/C14H19N3O3S/c1-11-8-12(2)14(13(9-11)21(15,18)19)20-7-3-5-17-6-4-16-10-17/h4,6,8-10H,3,5,7H2,1-2H3,(H2,15,18,19). The van der Waals surface area contributed by atoms with Crippen LogP contribution in [0.2, 0.25) is 0 Å². The largest absolute Gasteiger partial charge is 0.492 e. The van der Waals surface area contributed by atoms with E-state index in [2.05, 4.69) is 4.98 Å². The lowest BCUT2D eigenvalue weighted by Crippen LogP contribution is -2.15. The molecule has 114 valence electrons. The van der Waals surface area contributed by atoms with Gasteiger partial charge in [0.15, 0.2) is 0 Å². The summed E-state index contributed by atoms with van der Waals surface area (Å²) in [5.74, 6) is 0.341. The summed E-state index contributed by atoms with van der Waals surface area (Å²) in [7, 11) is -3.80. The molecule has 0 aliphatic rings. The van der Waals surface area contributed by atoms with Gasteiger partial charge in [0.25, 0.3) is 0 Å². The molecule has 0 atom stereocenters. The average Bonchev–Trinajstić information content (AvgIpc) is 2.87. The van der Waals surface area contributed by atoms with Gasteiger partial charge in [-0.15, -0.1) is 0 Å². The van der Waals surface area contributed by atoms with Crippen molar-refractivity contribution < 1.29 is 13.2 Å². The Hall–Kier alpha value is -1.86. The summed E-state index contributed by atoms with van der Waals surface area (Å²) >= 11 is 0. The van der Waals surface area contributed by atoms with Crippen LogP contribution in [0.3, 0.4) is 0 Å². The number of nitrogens with two attached hydrogens (primary N) is 1. The molecule has 0 fully saturated rings. The summed E-state index contributed by atoms with van der Waals surface area (Å²) in [6.07, 6.45) is 6.05. The fourth-order valence-electron chi connectivity index (χ4n) is 2.15. The van der Waals surface area contributed by atoms with Gasteiger partial charge < -0.3 is 9.30 Å². The van der Waals surface area contributed by atoms with E-state index >= 15 is 0 Å². The van der Waals surface area contributed by atoms with E-state index in [4.69, 9.17) is 9.88 Å². The minimum Gasteiger partial charge on any atom is -0.492 e. The van der Waals surface area contributed by atoms with Gasteiger partial charge in [0, 0.05) is 18.9 Å². The van der Waals surface area contributed by atoms with Crippen molar-refractivity contribution in [2.75, 3.05) is 6.61 Å². The molecule has 2 N–H and O–H groups in total. The monoisotopic (exact) mass is 309 g/mol. The quantitative estimate of drug-likeness (QED) is 0.821. The summed E-state index contributed by atoms with van der Waals surface area (Å²) in [5.41, 5.74) is 1.60. The topological polar surface area (TPSA) is 87.2 Å². The maximum atomic E-state index is 11.7. The first-order valence-electron chi connectivity index (χ1n) is 6.60. The van der Waals surface area contributed by atoms with Crippen molar-refractivity contribution in [3.8, 4) is 5.75 Å². The fraction of sp³-hybridized carbons (Fsp3) is 0.357. The van der Waals surface area contributed by atoms with Gasteiger partial charge in [-0.2, -0.15) is 0 Å². The number of benzene rings is 1. The SMILES string of the molecule is Cc1cc(C)c(OCCCn2ccnc2)c(S(N)(=O)=O)c1. The molecule has 0 amide bonds. The van der Waals surface area contributed by atoms with Gasteiger partial charge in [0.05, 0.1) is 12.9 Å². The molecule has 0 unspecified atom stereocenters. The second kappa shape index (κ2) is 6.28. The zero-order valence-electron chi connectivity index (χ0n) is 12.1. The summed E-state index contributed by atoms with van der Waals surface area (Å²) in [5, 5.41) is 5.26. The van der Waals surface area contributed by atoms with Crippen LogP contribution < -0.4 is 9.88 Å². The van der Waals surface area contributed by atoms with Crippen LogP contribution in [-0.2, 0) is 16.6 Å².